The third kappa shape index (κ3) is 1.49. The summed E-state index contributed by atoms with van der Waals surface area (Å²) in [6.07, 6.45) is 2.04. The van der Waals surface area contributed by atoms with Crippen molar-refractivity contribution >= 4 is 11.5 Å². The highest BCUT2D eigenvalue weighted by Gasteiger charge is 2.35. The molecule has 1 saturated carbocycles. The monoisotopic (exact) mass is 245 g/mol. The van der Waals surface area contributed by atoms with Crippen molar-refractivity contribution in [3.05, 3.63) is 29.3 Å². The van der Waals surface area contributed by atoms with Gasteiger partial charge in [0.15, 0.2) is 17.3 Å². The van der Waals surface area contributed by atoms with Gasteiger partial charge in [0.1, 0.15) is 6.10 Å². The molecule has 1 atom stereocenters. The van der Waals surface area contributed by atoms with Crippen LogP contribution in [0.5, 0.6) is 11.5 Å². The fourth-order valence-corrected chi connectivity index (χ4v) is 2.65. The largest absolute Gasteiger partial charge is 0.493 e. The van der Waals surface area contributed by atoms with Gasteiger partial charge in [-0.15, -0.1) is 0 Å². The Morgan fingerprint density at radius 1 is 1.44 bits per heavy atom. The molecule has 4 nitrogen and oxygen atoms in total. The van der Waals surface area contributed by atoms with Crippen molar-refractivity contribution in [3.63, 3.8) is 0 Å². The van der Waals surface area contributed by atoms with Gasteiger partial charge in [0, 0.05) is 12.0 Å². The van der Waals surface area contributed by atoms with E-state index in [0.717, 1.165) is 18.4 Å². The number of rotatable bonds is 1. The number of methoxy groups -OCH3 is 1. The van der Waals surface area contributed by atoms with Gasteiger partial charge in [0.2, 0.25) is 0 Å². The fourth-order valence-electron chi connectivity index (χ4n) is 2.65. The molecule has 1 aromatic carbocycles. The highest BCUT2D eigenvalue weighted by Crippen LogP contribution is 2.42. The zero-order valence-electron chi connectivity index (χ0n) is 10.2. The van der Waals surface area contributed by atoms with Gasteiger partial charge in [0.25, 0.3) is 0 Å². The lowest BCUT2D eigenvalue weighted by Crippen LogP contribution is -2.34. The van der Waals surface area contributed by atoms with Gasteiger partial charge < -0.3 is 15.2 Å². The van der Waals surface area contributed by atoms with E-state index in [9.17, 15) is 4.79 Å². The quantitative estimate of drug-likeness (QED) is 0.820. The van der Waals surface area contributed by atoms with E-state index >= 15 is 0 Å². The highest BCUT2D eigenvalue weighted by molar-refractivity contribution is 6.05. The van der Waals surface area contributed by atoms with Crippen LogP contribution in [0.4, 0.5) is 0 Å². The van der Waals surface area contributed by atoms with Crippen molar-refractivity contribution in [3.8, 4) is 11.5 Å². The van der Waals surface area contributed by atoms with E-state index in [0.29, 0.717) is 29.2 Å². The van der Waals surface area contributed by atoms with Crippen molar-refractivity contribution in [1.82, 2.24) is 0 Å². The molecule has 18 heavy (non-hydrogen) atoms. The highest BCUT2D eigenvalue weighted by atomic mass is 16.5. The number of benzene rings is 1. The van der Waals surface area contributed by atoms with Crippen LogP contribution in [0.1, 0.15) is 24.8 Å². The second-order valence-corrected chi connectivity index (χ2v) is 4.59. The Balaban J connectivity index is 2.19. The molecule has 0 aromatic heterocycles. The summed E-state index contributed by atoms with van der Waals surface area (Å²) in [4.78, 5) is 12.0. The summed E-state index contributed by atoms with van der Waals surface area (Å²) < 4.78 is 11.2. The average Bonchev–Trinajstić information content (AvgIpc) is 2.38. The van der Waals surface area contributed by atoms with Gasteiger partial charge >= 0.3 is 0 Å². The lowest BCUT2D eigenvalue weighted by atomic mass is 9.86. The number of carbonyl (C=O) groups excluding carboxylic acids is 1. The van der Waals surface area contributed by atoms with E-state index in [1.54, 1.807) is 7.11 Å². The summed E-state index contributed by atoms with van der Waals surface area (Å²) in [5.41, 5.74) is 8.09. The maximum atomic E-state index is 12.0. The van der Waals surface area contributed by atoms with Crippen molar-refractivity contribution in [2.24, 2.45) is 5.73 Å². The van der Waals surface area contributed by atoms with Crippen LogP contribution in [0, 0.1) is 0 Å². The molecule has 1 heterocycles. The van der Waals surface area contributed by atoms with Crippen LogP contribution in [0.2, 0.25) is 0 Å². The predicted octanol–water partition coefficient (Wildman–Crippen LogP) is 1.88. The first-order valence-electron chi connectivity index (χ1n) is 6.09. The SMILES string of the molecule is COc1cccc2c1OC1CCCC(=O)C1=C2N. The molecular weight excluding hydrogens is 230 g/mol. The Morgan fingerprint density at radius 2 is 2.28 bits per heavy atom. The average molecular weight is 245 g/mol. The van der Waals surface area contributed by atoms with E-state index < -0.39 is 0 Å². The van der Waals surface area contributed by atoms with Gasteiger partial charge in [0.05, 0.1) is 18.4 Å². The zero-order valence-corrected chi connectivity index (χ0v) is 10.2. The smallest absolute Gasteiger partial charge is 0.171 e. The molecule has 4 heteroatoms. The fraction of sp³-hybridized carbons (Fsp3) is 0.357. The molecule has 1 unspecified atom stereocenters. The molecule has 2 N–H and O–H groups in total. The lowest BCUT2D eigenvalue weighted by Gasteiger charge is -2.32. The van der Waals surface area contributed by atoms with Gasteiger partial charge in [-0.1, -0.05) is 6.07 Å². The van der Waals surface area contributed by atoms with Crippen LogP contribution >= 0.6 is 0 Å². The number of fused-ring (bicyclic) bond motifs is 2. The summed E-state index contributed by atoms with van der Waals surface area (Å²) in [5, 5.41) is 0. The van der Waals surface area contributed by atoms with E-state index in [2.05, 4.69) is 0 Å². The molecule has 94 valence electrons. The molecule has 0 spiro atoms. The minimum absolute atomic E-state index is 0.109. The molecule has 1 aliphatic carbocycles. The Labute approximate surface area is 105 Å². The molecular formula is C14H15NO3. The number of hydrogen-bond acceptors (Lipinski definition) is 4. The van der Waals surface area contributed by atoms with Gasteiger partial charge in [-0.3, -0.25) is 4.79 Å². The molecule has 1 aliphatic heterocycles. The van der Waals surface area contributed by atoms with Crippen LogP contribution in [-0.2, 0) is 4.79 Å². The summed E-state index contributed by atoms with van der Waals surface area (Å²) in [6, 6.07) is 5.54. The Bertz CT molecular complexity index is 548. The van der Waals surface area contributed by atoms with Crippen LogP contribution < -0.4 is 15.2 Å². The molecule has 3 rings (SSSR count). The topological polar surface area (TPSA) is 61.5 Å². The standard InChI is InChI=1S/C14H15NO3/c1-17-11-7-2-4-8-13(15)12-9(16)5-3-6-10(12)18-14(8)11/h2,4,7,10H,3,5-6,15H2,1H3. The molecule has 2 aliphatic rings. The number of para-hydroxylation sites is 1. The molecule has 0 radical (unpaired) electrons. The minimum atomic E-state index is -0.213. The molecule has 1 aromatic rings. The first kappa shape index (κ1) is 11.1. The summed E-state index contributed by atoms with van der Waals surface area (Å²) >= 11 is 0. The van der Waals surface area contributed by atoms with Crippen LogP contribution in [0.15, 0.2) is 23.8 Å². The normalized spacial score (nSPS) is 22.1. The number of carbonyl (C=O) groups is 1. The Morgan fingerprint density at radius 3 is 3.06 bits per heavy atom. The van der Waals surface area contributed by atoms with Crippen molar-refractivity contribution < 1.29 is 14.3 Å². The summed E-state index contributed by atoms with van der Waals surface area (Å²) in [7, 11) is 1.60. The van der Waals surface area contributed by atoms with E-state index in [-0.39, 0.29) is 11.9 Å². The second kappa shape index (κ2) is 4.05. The van der Waals surface area contributed by atoms with Crippen LogP contribution in [0.25, 0.3) is 5.70 Å². The number of nitrogens with two attached hydrogens (primary N) is 1. The second-order valence-electron chi connectivity index (χ2n) is 4.59. The predicted molar refractivity (Wildman–Crippen MR) is 67.4 cm³/mol. The Kier molecular flexibility index (Phi) is 2.51. The first-order chi connectivity index (χ1) is 8.72. The molecule has 1 fully saturated rings. The van der Waals surface area contributed by atoms with Crippen LogP contribution in [0.3, 0.4) is 0 Å². The maximum absolute atomic E-state index is 12.0. The van der Waals surface area contributed by atoms with Crippen molar-refractivity contribution in [2.75, 3.05) is 7.11 Å². The number of hydrogen-bond donors (Lipinski definition) is 1. The lowest BCUT2D eigenvalue weighted by molar-refractivity contribution is -0.117. The van der Waals surface area contributed by atoms with Crippen molar-refractivity contribution in [2.45, 2.75) is 25.4 Å². The van der Waals surface area contributed by atoms with Gasteiger partial charge in [-0.2, -0.15) is 0 Å². The summed E-state index contributed by atoms with van der Waals surface area (Å²) in [6.45, 7) is 0. The molecule has 0 bridgehead atoms. The third-order valence-electron chi connectivity index (χ3n) is 3.53. The summed E-state index contributed by atoms with van der Waals surface area (Å²) in [5.74, 6) is 1.42. The first-order valence-corrected chi connectivity index (χ1v) is 6.09. The minimum Gasteiger partial charge on any atom is -0.493 e. The van der Waals surface area contributed by atoms with Gasteiger partial charge in [-0.05, 0) is 25.0 Å². The van der Waals surface area contributed by atoms with Crippen LogP contribution in [-0.4, -0.2) is 19.0 Å². The van der Waals surface area contributed by atoms with Gasteiger partial charge in [-0.25, -0.2) is 0 Å². The third-order valence-corrected chi connectivity index (χ3v) is 3.53. The maximum Gasteiger partial charge on any atom is 0.171 e. The van der Waals surface area contributed by atoms with E-state index in [4.69, 9.17) is 15.2 Å². The van der Waals surface area contributed by atoms with Crippen molar-refractivity contribution in [1.29, 1.82) is 0 Å². The number of ether oxygens (including phenoxy) is 2. The number of Topliss-reactive ketones (excluding diaryl/α,β-unsaturated/α-hetero) is 1. The molecule has 0 amide bonds. The van der Waals surface area contributed by atoms with E-state index in [1.165, 1.54) is 0 Å². The van der Waals surface area contributed by atoms with E-state index in [1.807, 2.05) is 18.2 Å². The Hall–Kier alpha value is -1.97. The number of ketones is 1. The molecule has 0 saturated heterocycles. The zero-order chi connectivity index (χ0) is 12.7.